The summed E-state index contributed by atoms with van der Waals surface area (Å²) in [6.45, 7) is 4.81. The smallest absolute Gasteiger partial charge is 0.317 e. The summed E-state index contributed by atoms with van der Waals surface area (Å²) in [4.78, 5) is 28.7. The van der Waals surface area contributed by atoms with Gasteiger partial charge in [-0.25, -0.2) is 9.18 Å². The Morgan fingerprint density at radius 3 is 2.54 bits per heavy atom. The van der Waals surface area contributed by atoms with Crippen LogP contribution < -0.4 is 5.32 Å². The zero-order valence-electron chi connectivity index (χ0n) is 15.2. The number of thioether (sulfide) groups is 1. The number of rotatable bonds is 4. The fourth-order valence-electron chi connectivity index (χ4n) is 3.60. The van der Waals surface area contributed by atoms with Crippen LogP contribution in [0.1, 0.15) is 43.0 Å². The fraction of sp³-hybridized carbons (Fsp3) is 0.579. The Bertz CT molecular complexity index is 645. The predicted molar refractivity (Wildman–Crippen MR) is 102 cm³/mol. The minimum Gasteiger partial charge on any atom is -0.338 e. The van der Waals surface area contributed by atoms with E-state index in [4.69, 9.17) is 0 Å². The Hall–Kier alpha value is -1.76. The molecule has 0 unspecified atom stereocenters. The molecule has 0 aliphatic carbocycles. The van der Waals surface area contributed by atoms with E-state index in [0.717, 1.165) is 31.4 Å². The Morgan fingerprint density at radius 2 is 1.88 bits per heavy atom. The van der Waals surface area contributed by atoms with Crippen molar-refractivity contribution in [2.45, 2.75) is 37.5 Å². The van der Waals surface area contributed by atoms with Crippen molar-refractivity contribution in [3.8, 4) is 0 Å². The summed E-state index contributed by atoms with van der Waals surface area (Å²) in [5, 5.41) is 2.96. The lowest BCUT2D eigenvalue weighted by atomic mass is 10.0. The number of carbonyl (C=O) groups is 2. The number of hydrogen-bond acceptors (Lipinski definition) is 3. The Kier molecular flexibility index (Phi) is 6.06. The maximum Gasteiger partial charge on any atom is 0.317 e. The first-order valence-corrected chi connectivity index (χ1v) is 10.3. The molecule has 3 rings (SSSR count). The van der Waals surface area contributed by atoms with Gasteiger partial charge in [-0.1, -0.05) is 13.3 Å². The van der Waals surface area contributed by atoms with E-state index in [0.29, 0.717) is 31.7 Å². The Labute approximate surface area is 158 Å². The van der Waals surface area contributed by atoms with Crippen LogP contribution in [0.15, 0.2) is 24.3 Å². The summed E-state index contributed by atoms with van der Waals surface area (Å²) in [5.74, 6) is 0.514. The first kappa shape index (κ1) is 19.0. The number of benzene rings is 1. The third-order valence-electron chi connectivity index (χ3n) is 5.15. The molecule has 5 nitrogen and oxygen atoms in total. The van der Waals surface area contributed by atoms with Gasteiger partial charge in [0.1, 0.15) is 5.82 Å². The average Bonchev–Trinajstić information content (AvgIpc) is 3.05. The molecule has 2 heterocycles. The molecule has 7 heteroatoms. The van der Waals surface area contributed by atoms with Gasteiger partial charge in [-0.2, -0.15) is 0 Å². The summed E-state index contributed by atoms with van der Waals surface area (Å²) in [5.41, 5.74) is 0.521. The summed E-state index contributed by atoms with van der Waals surface area (Å²) < 4.78 is 13.1. The van der Waals surface area contributed by atoms with Crippen LogP contribution in [0.5, 0.6) is 0 Å². The van der Waals surface area contributed by atoms with E-state index in [1.54, 1.807) is 12.1 Å². The summed E-state index contributed by atoms with van der Waals surface area (Å²) >= 11 is 1.81. The number of nitrogens with zero attached hydrogens (tertiary/aromatic N) is 2. The van der Waals surface area contributed by atoms with E-state index in [9.17, 15) is 14.0 Å². The highest BCUT2D eigenvalue weighted by Gasteiger charge is 2.47. The second-order valence-electron chi connectivity index (χ2n) is 6.83. The van der Waals surface area contributed by atoms with Crippen molar-refractivity contribution < 1.29 is 14.0 Å². The quantitative estimate of drug-likeness (QED) is 0.817. The van der Waals surface area contributed by atoms with Crippen molar-refractivity contribution >= 4 is 23.7 Å². The number of hydrogen-bond donors (Lipinski definition) is 1. The highest BCUT2D eigenvalue weighted by atomic mass is 32.2. The summed E-state index contributed by atoms with van der Waals surface area (Å²) in [7, 11) is 0. The molecule has 0 radical (unpaired) electrons. The van der Waals surface area contributed by atoms with E-state index >= 15 is 0 Å². The van der Waals surface area contributed by atoms with Gasteiger partial charge in [0.2, 0.25) is 0 Å². The first-order chi connectivity index (χ1) is 12.6. The highest BCUT2D eigenvalue weighted by molar-refractivity contribution is 8.00. The van der Waals surface area contributed by atoms with E-state index in [2.05, 4.69) is 12.2 Å². The second-order valence-corrected chi connectivity index (χ2v) is 8.29. The highest BCUT2D eigenvalue weighted by Crippen LogP contribution is 2.44. The van der Waals surface area contributed by atoms with E-state index in [1.807, 2.05) is 21.6 Å². The van der Waals surface area contributed by atoms with Gasteiger partial charge >= 0.3 is 6.03 Å². The van der Waals surface area contributed by atoms with Crippen LogP contribution in [0.3, 0.4) is 0 Å². The molecular weight excluding hydrogens is 353 g/mol. The largest absolute Gasteiger partial charge is 0.338 e. The van der Waals surface area contributed by atoms with Crippen molar-refractivity contribution in [2.75, 3.05) is 31.9 Å². The summed E-state index contributed by atoms with van der Waals surface area (Å²) in [6, 6.07) is 5.74. The van der Waals surface area contributed by atoms with Crippen LogP contribution in [-0.2, 0) is 0 Å². The number of urea groups is 1. The fourth-order valence-corrected chi connectivity index (χ4v) is 5.06. The van der Waals surface area contributed by atoms with Gasteiger partial charge in [0.05, 0.1) is 4.87 Å². The molecule has 0 saturated carbocycles. The lowest BCUT2D eigenvalue weighted by molar-refractivity contribution is 0.0581. The molecule has 0 bridgehead atoms. The van der Waals surface area contributed by atoms with Gasteiger partial charge in [-0.05, 0) is 43.5 Å². The minimum atomic E-state index is -0.338. The monoisotopic (exact) mass is 379 g/mol. The standard InChI is InChI=1S/C19H26FN3O2S/c1-2-3-10-21-18(25)22-11-8-19(9-12-22)23(13-14-26-19)17(24)15-4-6-16(20)7-5-15/h4-7H,2-3,8-14H2,1H3,(H,21,25). The molecule has 2 aliphatic heterocycles. The maximum absolute atomic E-state index is 13.1. The SMILES string of the molecule is CCCCNC(=O)N1CCC2(CC1)SCCN2C(=O)c1ccc(F)cc1. The van der Waals surface area contributed by atoms with Gasteiger partial charge in [0.25, 0.3) is 5.91 Å². The molecule has 1 aromatic carbocycles. The van der Waals surface area contributed by atoms with Crippen LogP contribution >= 0.6 is 11.8 Å². The number of carbonyl (C=O) groups excluding carboxylic acids is 2. The Morgan fingerprint density at radius 1 is 1.19 bits per heavy atom. The van der Waals surface area contributed by atoms with Gasteiger partial charge in [0.15, 0.2) is 0 Å². The third kappa shape index (κ3) is 3.98. The molecule has 1 N–H and O–H groups in total. The number of amides is 3. The lowest BCUT2D eigenvalue weighted by Gasteiger charge is -2.44. The van der Waals surface area contributed by atoms with Crippen molar-refractivity contribution in [1.29, 1.82) is 0 Å². The molecule has 2 aliphatic rings. The van der Waals surface area contributed by atoms with Gasteiger partial charge in [-0.3, -0.25) is 4.79 Å². The van der Waals surface area contributed by atoms with Crippen molar-refractivity contribution in [1.82, 2.24) is 15.1 Å². The predicted octanol–water partition coefficient (Wildman–Crippen LogP) is 3.32. The normalized spacial score (nSPS) is 19.0. The molecule has 2 saturated heterocycles. The van der Waals surface area contributed by atoms with Gasteiger partial charge in [-0.15, -0.1) is 11.8 Å². The van der Waals surface area contributed by atoms with Crippen molar-refractivity contribution in [2.24, 2.45) is 0 Å². The average molecular weight is 380 g/mol. The molecular formula is C19H26FN3O2S. The van der Waals surface area contributed by atoms with Gasteiger partial charge in [0, 0.05) is 37.5 Å². The van der Waals surface area contributed by atoms with Crippen molar-refractivity contribution in [3.05, 3.63) is 35.6 Å². The molecule has 3 amide bonds. The van der Waals surface area contributed by atoms with E-state index in [1.165, 1.54) is 12.1 Å². The van der Waals surface area contributed by atoms with Crippen LogP contribution in [0, 0.1) is 5.82 Å². The van der Waals surface area contributed by atoms with Gasteiger partial charge < -0.3 is 15.1 Å². The van der Waals surface area contributed by atoms with Crippen LogP contribution in [0.4, 0.5) is 9.18 Å². The molecule has 0 atom stereocenters. The second kappa shape index (κ2) is 8.29. The molecule has 1 aromatic rings. The zero-order chi connectivity index (χ0) is 18.6. The van der Waals surface area contributed by atoms with Crippen LogP contribution in [0.2, 0.25) is 0 Å². The van der Waals surface area contributed by atoms with Crippen molar-refractivity contribution in [3.63, 3.8) is 0 Å². The number of unbranched alkanes of at least 4 members (excludes halogenated alkanes) is 1. The number of nitrogens with one attached hydrogen (secondary N) is 1. The summed E-state index contributed by atoms with van der Waals surface area (Å²) in [6.07, 6.45) is 3.58. The minimum absolute atomic E-state index is 0.00675. The van der Waals surface area contributed by atoms with Crippen LogP contribution in [0.25, 0.3) is 0 Å². The lowest BCUT2D eigenvalue weighted by Crippen LogP contribution is -2.55. The Balaban J connectivity index is 1.62. The van der Waals surface area contributed by atoms with E-state index in [-0.39, 0.29) is 22.6 Å². The van der Waals surface area contributed by atoms with Crippen LogP contribution in [-0.4, -0.2) is 58.5 Å². The first-order valence-electron chi connectivity index (χ1n) is 9.30. The topological polar surface area (TPSA) is 52.7 Å². The molecule has 0 aromatic heterocycles. The number of piperidine rings is 1. The molecule has 1 spiro atoms. The third-order valence-corrected chi connectivity index (χ3v) is 6.71. The number of likely N-dealkylation sites (tertiary alicyclic amines) is 1. The van der Waals surface area contributed by atoms with E-state index < -0.39 is 0 Å². The maximum atomic E-state index is 13.1. The zero-order valence-corrected chi connectivity index (χ0v) is 16.0. The molecule has 142 valence electrons. The number of halogens is 1. The molecule has 26 heavy (non-hydrogen) atoms. The molecule has 2 fully saturated rings.